The Morgan fingerprint density at radius 1 is 1.25 bits per heavy atom. The first kappa shape index (κ1) is 18.4. The quantitative estimate of drug-likeness (QED) is 0.547. The van der Waals surface area contributed by atoms with E-state index in [1.807, 2.05) is 6.92 Å². The molecule has 0 saturated heterocycles. The Morgan fingerprint density at radius 3 is 2.58 bits per heavy atom. The molecule has 0 radical (unpaired) electrons. The number of carbonyl (C=O) groups is 3. The zero-order chi connectivity index (χ0) is 17.7. The Morgan fingerprint density at radius 2 is 1.96 bits per heavy atom. The highest BCUT2D eigenvalue weighted by atomic mass is 32.1. The van der Waals surface area contributed by atoms with E-state index < -0.39 is 11.9 Å². The van der Waals surface area contributed by atoms with Gasteiger partial charge in [0.1, 0.15) is 5.00 Å². The number of hydrogen-bond donors (Lipinski definition) is 2. The summed E-state index contributed by atoms with van der Waals surface area (Å²) in [7, 11) is 1.53. The lowest BCUT2D eigenvalue weighted by atomic mass is 10.1. The van der Waals surface area contributed by atoms with Gasteiger partial charge in [-0.05, 0) is 32.3 Å². The number of carbonyl (C=O) groups excluding carboxylic acids is 3. The third-order valence-electron chi connectivity index (χ3n) is 3.74. The molecule has 0 bridgehead atoms. The number of esters is 1. The molecule has 1 aliphatic carbocycles. The van der Waals surface area contributed by atoms with Crippen molar-refractivity contribution in [2.45, 2.75) is 26.7 Å². The predicted molar refractivity (Wildman–Crippen MR) is 90.3 cm³/mol. The molecule has 0 unspecified atom stereocenters. The van der Waals surface area contributed by atoms with Crippen molar-refractivity contribution in [2.75, 3.05) is 32.2 Å². The van der Waals surface area contributed by atoms with Crippen LogP contribution in [0, 0.1) is 19.8 Å². The number of aryl methyl sites for hydroxylation is 1. The molecule has 1 aliphatic rings. The zero-order valence-corrected chi connectivity index (χ0v) is 14.9. The lowest BCUT2D eigenvalue weighted by molar-refractivity contribution is -0.124. The van der Waals surface area contributed by atoms with Gasteiger partial charge >= 0.3 is 5.97 Å². The fraction of sp³-hybridized carbons (Fsp3) is 0.562. The molecular weight excluding hydrogens is 332 g/mol. The minimum atomic E-state index is -0.607. The van der Waals surface area contributed by atoms with E-state index in [1.165, 1.54) is 18.4 Å². The summed E-state index contributed by atoms with van der Waals surface area (Å²) in [6, 6.07) is 0. The number of rotatable bonds is 8. The Bertz CT molecular complexity index is 637. The summed E-state index contributed by atoms with van der Waals surface area (Å²) in [5.74, 6) is -1.02. The maximum atomic E-state index is 12.3. The molecule has 2 rings (SSSR count). The molecule has 1 aromatic rings. The van der Waals surface area contributed by atoms with Crippen LogP contribution in [0.4, 0.5) is 5.00 Å². The molecule has 0 aliphatic heterocycles. The maximum absolute atomic E-state index is 12.3. The molecule has 2 amide bonds. The third-order valence-corrected chi connectivity index (χ3v) is 4.86. The number of hydrogen-bond acceptors (Lipinski definition) is 6. The number of nitrogens with one attached hydrogen (secondary N) is 2. The second-order valence-electron chi connectivity index (χ2n) is 5.67. The van der Waals surface area contributed by atoms with Crippen LogP contribution in [0.3, 0.4) is 0 Å². The van der Waals surface area contributed by atoms with Crippen LogP contribution in [-0.4, -0.2) is 44.7 Å². The van der Waals surface area contributed by atoms with Gasteiger partial charge in [-0.3, -0.25) is 9.59 Å². The highest BCUT2D eigenvalue weighted by Gasteiger charge is 2.31. The van der Waals surface area contributed by atoms with Gasteiger partial charge in [-0.2, -0.15) is 0 Å². The molecule has 24 heavy (non-hydrogen) atoms. The highest BCUT2D eigenvalue weighted by Crippen LogP contribution is 2.36. The molecule has 0 spiro atoms. The first-order chi connectivity index (χ1) is 11.4. The Kier molecular flexibility index (Phi) is 6.33. The summed E-state index contributed by atoms with van der Waals surface area (Å²) in [6.45, 7) is 4.05. The van der Waals surface area contributed by atoms with Crippen molar-refractivity contribution in [1.82, 2.24) is 5.32 Å². The lowest BCUT2D eigenvalue weighted by Gasteiger charge is -2.08. The summed E-state index contributed by atoms with van der Waals surface area (Å²) < 4.78 is 9.90. The normalized spacial score (nSPS) is 13.5. The van der Waals surface area contributed by atoms with Gasteiger partial charge in [0.15, 0.2) is 6.61 Å². The van der Waals surface area contributed by atoms with Crippen LogP contribution in [0.5, 0.6) is 0 Å². The number of thiophene rings is 1. The molecule has 7 nitrogen and oxygen atoms in total. The van der Waals surface area contributed by atoms with Crippen LogP contribution in [-0.2, 0) is 19.1 Å². The van der Waals surface area contributed by atoms with Crippen LogP contribution in [0.2, 0.25) is 0 Å². The van der Waals surface area contributed by atoms with E-state index in [9.17, 15) is 14.4 Å². The molecule has 1 heterocycles. The van der Waals surface area contributed by atoms with E-state index in [2.05, 4.69) is 10.6 Å². The van der Waals surface area contributed by atoms with Gasteiger partial charge in [0.2, 0.25) is 5.91 Å². The predicted octanol–water partition coefficient (Wildman–Crippen LogP) is 1.63. The molecule has 1 aromatic heterocycles. The number of methoxy groups -OCH3 is 1. The van der Waals surface area contributed by atoms with Crippen molar-refractivity contribution in [3.05, 3.63) is 16.0 Å². The van der Waals surface area contributed by atoms with E-state index in [0.717, 1.165) is 23.3 Å². The zero-order valence-electron chi connectivity index (χ0n) is 14.1. The smallest absolute Gasteiger partial charge is 0.341 e. The Labute approximate surface area is 144 Å². The van der Waals surface area contributed by atoms with E-state index >= 15 is 0 Å². The van der Waals surface area contributed by atoms with E-state index in [4.69, 9.17) is 9.47 Å². The average molecular weight is 354 g/mol. The van der Waals surface area contributed by atoms with Gasteiger partial charge in [-0.25, -0.2) is 4.79 Å². The van der Waals surface area contributed by atoms with Crippen molar-refractivity contribution in [3.8, 4) is 0 Å². The molecule has 8 heteroatoms. The van der Waals surface area contributed by atoms with Gasteiger partial charge in [0, 0.05) is 24.4 Å². The monoisotopic (exact) mass is 354 g/mol. The topological polar surface area (TPSA) is 93.7 Å². The number of amides is 2. The number of ether oxygens (including phenoxy) is 2. The average Bonchev–Trinajstić information content (AvgIpc) is 3.34. The van der Waals surface area contributed by atoms with Gasteiger partial charge < -0.3 is 20.1 Å². The minimum Gasteiger partial charge on any atom is -0.452 e. The van der Waals surface area contributed by atoms with E-state index in [1.54, 1.807) is 6.92 Å². The van der Waals surface area contributed by atoms with Crippen molar-refractivity contribution >= 4 is 34.1 Å². The molecule has 0 aromatic carbocycles. The largest absolute Gasteiger partial charge is 0.452 e. The Hall–Kier alpha value is -1.93. The first-order valence-corrected chi connectivity index (χ1v) is 8.59. The summed E-state index contributed by atoms with van der Waals surface area (Å²) in [4.78, 5) is 36.8. The fourth-order valence-electron chi connectivity index (χ4n) is 2.07. The summed E-state index contributed by atoms with van der Waals surface area (Å²) >= 11 is 1.34. The SMILES string of the molecule is COCCNC(=O)COC(=O)c1c(NC(=O)C2CC2)sc(C)c1C. The van der Waals surface area contributed by atoms with Crippen molar-refractivity contribution < 1.29 is 23.9 Å². The maximum Gasteiger partial charge on any atom is 0.341 e. The lowest BCUT2D eigenvalue weighted by Crippen LogP contribution is -2.31. The molecular formula is C16H22N2O5S. The highest BCUT2D eigenvalue weighted by molar-refractivity contribution is 7.16. The van der Waals surface area contributed by atoms with E-state index in [-0.39, 0.29) is 18.4 Å². The molecule has 2 N–H and O–H groups in total. The van der Waals surface area contributed by atoms with Gasteiger partial charge in [-0.15, -0.1) is 11.3 Å². The summed E-state index contributed by atoms with van der Waals surface area (Å²) in [6.07, 6.45) is 1.77. The van der Waals surface area contributed by atoms with Crippen LogP contribution in [0.15, 0.2) is 0 Å². The third kappa shape index (κ3) is 4.78. The van der Waals surface area contributed by atoms with Crippen LogP contribution < -0.4 is 10.6 Å². The fourth-order valence-corrected chi connectivity index (χ4v) is 3.12. The molecule has 0 atom stereocenters. The van der Waals surface area contributed by atoms with Gasteiger partial charge in [-0.1, -0.05) is 0 Å². The van der Waals surface area contributed by atoms with Crippen LogP contribution >= 0.6 is 11.3 Å². The van der Waals surface area contributed by atoms with Crippen molar-refractivity contribution in [1.29, 1.82) is 0 Å². The summed E-state index contributed by atoms with van der Waals surface area (Å²) in [5.41, 5.74) is 1.09. The first-order valence-electron chi connectivity index (χ1n) is 7.77. The minimum absolute atomic E-state index is 0.0446. The van der Waals surface area contributed by atoms with E-state index in [0.29, 0.717) is 23.7 Å². The Balaban J connectivity index is 1.97. The van der Waals surface area contributed by atoms with Crippen LogP contribution in [0.1, 0.15) is 33.6 Å². The van der Waals surface area contributed by atoms with Crippen molar-refractivity contribution in [2.24, 2.45) is 5.92 Å². The van der Waals surface area contributed by atoms with Crippen molar-refractivity contribution in [3.63, 3.8) is 0 Å². The molecule has 1 saturated carbocycles. The van der Waals surface area contributed by atoms with Crippen LogP contribution in [0.25, 0.3) is 0 Å². The second-order valence-corrected chi connectivity index (χ2v) is 6.89. The summed E-state index contributed by atoms with van der Waals surface area (Å²) in [5, 5.41) is 5.87. The van der Waals surface area contributed by atoms with Gasteiger partial charge in [0.05, 0.1) is 12.2 Å². The standard InChI is InChI=1S/C16H22N2O5S/c1-9-10(2)24-15(18-14(20)11-4-5-11)13(9)16(21)23-8-12(19)17-6-7-22-3/h11H,4-8H2,1-3H3,(H,17,19)(H,18,20). The second kappa shape index (κ2) is 8.25. The number of anilines is 1. The van der Waals surface area contributed by atoms with Gasteiger partial charge in [0.25, 0.3) is 5.91 Å². The molecule has 1 fully saturated rings. The molecule has 132 valence electrons.